The van der Waals surface area contributed by atoms with Crippen molar-refractivity contribution < 1.29 is 9.53 Å². The zero-order chi connectivity index (χ0) is 10.4. The molecule has 1 atom stereocenters. The molecule has 0 radical (unpaired) electrons. The molecule has 0 aromatic carbocycles. The second-order valence-electron chi connectivity index (χ2n) is 3.95. The Morgan fingerprint density at radius 1 is 1.50 bits per heavy atom. The second-order valence-corrected chi connectivity index (χ2v) is 3.95. The Kier molecular flexibility index (Phi) is 4.94. The first-order valence-corrected chi connectivity index (χ1v) is 5.62. The van der Waals surface area contributed by atoms with Crippen LogP contribution in [0.5, 0.6) is 0 Å². The Labute approximate surface area is 86.2 Å². The number of carbonyl (C=O) groups is 1. The van der Waals surface area contributed by atoms with Gasteiger partial charge in [-0.25, -0.2) is 0 Å². The van der Waals surface area contributed by atoms with E-state index < -0.39 is 0 Å². The third-order valence-electron chi connectivity index (χ3n) is 2.83. The predicted molar refractivity (Wildman–Crippen MR) is 56.1 cm³/mol. The number of nitrogens with one attached hydrogen (secondary N) is 1. The molecule has 1 N–H and O–H groups in total. The molecule has 0 saturated heterocycles. The molecule has 1 amide bonds. The monoisotopic (exact) mass is 199 g/mol. The van der Waals surface area contributed by atoms with Crippen molar-refractivity contribution in [3.05, 3.63) is 0 Å². The Balaban J connectivity index is 2.26. The maximum absolute atomic E-state index is 11.2. The van der Waals surface area contributed by atoms with Crippen molar-refractivity contribution in [2.45, 2.75) is 57.7 Å². The third-order valence-corrected chi connectivity index (χ3v) is 2.83. The van der Waals surface area contributed by atoms with E-state index in [1.165, 1.54) is 25.7 Å². The highest BCUT2D eigenvalue weighted by Crippen LogP contribution is 2.23. The lowest BCUT2D eigenvalue weighted by molar-refractivity contribution is -0.124. The fourth-order valence-corrected chi connectivity index (χ4v) is 1.89. The highest BCUT2D eigenvalue weighted by atomic mass is 16.5. The minimum atomic E-state index is 0.0786. The Hall–Kier alpha value is -0.570. The predicted octanol–water partition coefficient (Wildman–Crippen LogP) is 1.86. The van der Waals surface area contributed by atoms with E-state index in [0.29, 0.717) is 12.5 Å². The minimum absolute atomic E-state index is 0.0786. The number of hydrogen-bond acceptors (Lipinski definition) is 2. The van der Waals surface area contributed by atoms with Crippen molar-refractivity contribution in [2.75, 3.05) is 7.05 Å². The fraction of sp³-hybridized carbons (Fsp3) is 0.909. The summed E-state index contributed by atoms with van der Waals surface area (Å²) in [4.78, 5) is 11.2. The molecule has 82 valence electrons. The van der Waals surface area contributed by atoms with Crippen LogP contribution < -0.4 is 5.32 Å². The summed E-state index contributed by atoms with van der Waals surface area (Å²) in [5.74, 6) is 0.0786. The lowest BCUT2D eigenvalue weighted by atomic mass is 10.2. The van der Waals surface area contributed by atoms with Crippen LogP contribution in [0.25, 0.3) is 0 Å². The molecule has 1 aliphatic rings. The van der Waals surface area contributed by atoms with Crippen LogP contribution in [0, 0.1) is 0 Å². The number of rotatable bonds is 5. The van der Waals surface area contributed by atoms with Crippen LogP contribution in [-0.2, 0) is 9.53 Å². The largest absolute Gasteiger partial charge is 0.374 e. The standard InChI is InChI=1S/C11H21NO2/c1-3-9(8-11(13)12-2)14-10-6-4-5-7-10/h9-10H,3-8H2,1-2H3,(H,12,13). The van der Waals surface area contributed by atoms with Gasteiger partial charge in [0.15, 0.2) is 0 Å². The van der Waals surface area contributed by atoms with Gasteiger partial charge in [-0.15, -0.1) is 0 Å². The Morgan fingerprint density at radius 3 is 2.64 bits per heavy atom. The number of carbonyl (C=O) groups excluding carboxylic acids is 1. The Bertz CT molecular complexity index is 176. The SMILES string of the molecule is CCC(CC(=O)NC)OC1CCCC1. The van der Waals surface area contributed by atoms with Gasteiger partial charge in [0.2, 0.25) is 5.91 Å². The van der Waals surface area contributed by atoms with E-state index >= 15 is 0 Å². The summed E-state index contributed by atoms with van der Waals surface area (Å²) in [5, 5.41) is 2.64. The zero-order valence-electron chi connectivity index (χ0n) is 9.21. The van der Waals surface area contributed by atoms with Gasteiger partial charge in [-0.1, -0.05) is 19.8 Å². The summed E-state index contributed by atoms with van der Waals surface area (Å²) >= 11 is 0. The molecule has 0 heterocycles. The number of ether oxygens (including phenoxy) is 1. The van der Waals surface area contributed by atoms with Crippen LogP contribution in [0.1, 0.15) is 45.4 Å². The van der Waals surface area contributed by atoms with Crippen LogP contribution in [0.4, 0.5) is 0 Å². The van der Waals surface area contributed by atoms with Gasteiger partial charge in [-0.2, -0.15) is 0 Å². The lowest BCUT2D eigenvalue weighted by Gasteiger charge is -2.20. The molecule has 0 aliphatic heterocycles. The van der Waals surface area contributed by atoms with Crippen molar-refractivity contribution in [3.63, 3.8) is 0 Å². The molecule has 14 heavy (non-hydrogen) atoms. The topological polar surface area (TPSA) is 38.3 Å². The van der Waals surface area contributed by atoms with Crippen LogP contribution >= 0.6 is 0 Å². The van der Waals surface area contributed by atoms with Crippen LogP contribution in [-0.4, -0.2) is 25.2 Å². The molecular formula is C11H21NO2. The van der Waals surface area contributed by atoms with Gasteiger partial charge in [0.05, 0.1) is 18.6 Å². The lowest BCUT2D eigenvalue weighted by Crippen LogP contribution is -2.27. The molecule has 1 aliphatic carbocycles. The van der Waals surface area contributed by atoms with Crippen molar-refractivity contribution >= 4 is 5.91 Å². The Morgan fingerprint density at radius 2 is 2.14 bits per heavy atom. The van der Waals surface area contributed by atoms with Gasteiger partial charge in [0, 0.05) is 7.05 Å². The van der Waals surface area contributed by atoms with Gasteiger partial charge in [0.1, 0.15) is 0 Å². The van der Waals surface area contributed by atoms with Gasteiger partial charge in [0.25, 0.3) is 0 Å². The molecule has 0 spiro atoms. The summed E-state index contributed by atoms with van der Waals surface area (Å²) in [7, 11) is 1.67. The molecule has 1 rings (SSSR count). The maximum Gasteiger partial charge on any atom is 0.222 e. The summed E-state index contributed by atoms with van der Waals surface area (Å²) in [6, 6.07) is 0. The van der Waals surface area contributed by atoms with Gasteiger partial charge < -0.3 is 10.1 Å². The zero-order valence-corrected chi connectivity index (χ0v) is 9.21. The first-order chi connectivity index (χ1) is 6.76. The number of amides is 1. The van der Waals surface area contributed by atoms with Crippen molar-refractivity contribution in [2.24, 2.45) is 0 Å². The van der Waals surface area contributed by atoms with E-state index in [2.05, 4.69) is 12.2 Å². The van der Waals surface area contributed by atoms with Crippen molar-refractivity contribution in [1.29, 1.82) is 0 Å². The number of hydrogen-bond donors (Lipinski definition) is 1. The average molecular weight is 199 g/mol. The molecule has 3 heteroatoms. The van der Waals surface area contributed by atoms with E-state index in [1.807, 2.05) is 0 Å². The molecule has 1 fully saturated rings. The quantitative estimate of drug-likeness (QED) is 0.734. The van der Waals surface area contributed by atoms with E-state index in [-0.39, 0.29) is 12.0 Å². The highest BCUT2D eigenvalue weighted by Gasteiger charge is 2.20. The average Bonchev–Trinajstić information content (AvgIpc) is 2.69. The second kappa shape index (κ2) is 6.02. The van der Waals surface area contributed by atoms with Crippen molar-refractivity contribution in [3.8, 4) is 0 Å². The van der Waals surface area contributed by atoms with Gasteiger partial charge >= 0.3 is 0 Å². The van der Waals surface area contributed by atoms with Gasteiger partial charge in [-0.3, -0.25) is 4.79 Å². The molecule has 1 saturated carbocycles. The molecular weight excluding hydrogens is 178 g/mol. The summed E-state index contributed by atoms with van der Waals surface area (Å²) in [6.45, 7) is 2.07. The van der Waals surface area contributed by atoms with E-state index in [9.17, 15) is 4.79 Å². The van der Waals surface area contributed by atoms with Gasteiger partial charge in [-0.05, 0) is 19.3 Å². The minimum Gasteiger partial charge on any atom is -0.374 e. The normalized spacial score (nSPS) is 19.6. The summed E-state index contributed by atoms with van der Waals surface area (Å²) < 4.78 is 5.87. The molecule has 0 aromatic heterocycles. The highest BCUT2D eigenvalue weighted by molar-refractivity contribution is 5.76. The fourth-order valence-electron chi connectivity index (χ4n) is 1.89. The summed E-state index contributed by atoms with van der Waals surface area (Å²) in [6.07, 6.45) is 6.84. The smallest absolute Gasteiger partial charge is 0.222 e. The third kappa shape index (κ3) is 3.66. The molecule has 0 bridgehead atoms. The van der Waals surface area contributed by atoms with Crippen LogP contribution in [0.3, 0.4) is 0 Å². The van der Waals surface area contributed by atoms with Crippen molar-refractivity contribution in [1.82, 2.24) is 5.32 Å². The first kappa shape index (κ1) is 11.5. The van der Waals surface area contributed by atoms with Crippen LogP contribution in [0.2, 0.25) is 0 Å². The molecule has 3 nitrogen and oxygen atoms in total. The maximum atomic E-state index is 11.2. The van der Waals surface area contributed by atoms with E-state index in [0.717, 1.165) is 6.42 Å². The summed E-state index contributed by atoms with van der Waals surface area (Å²) in [5.41, 5.74) is 0. The molecule has 1 unspecified atom stereocenters. The van der Waals surface area contributed by atoms with E-state index in [4.69, 9.17) is 4.74 Å². The van der Waals surface area contributed by atoms with E-state index in [1.54, 1.807) is 7.05 Å². The molecule has 0 aromatic rings. The first-order valence-electron chi connectivity index (χ1n) is 5.62. The van der Waals surface area contributed by atoms with Crippen LogP contribution in [0.15, 0.2) is 0 Å².